The van der Waals surface area contributed by atoms with E-state index in [1.165, 1.54) is 0 Å². The average Bonchev–Trinajstić information content (AvgIpc) is 3.06. The lowest BCUT2D eigenvalue weighted by atomic mass is 9.99. The highest BCUT2D eigenvalue weighted by molar-refractivity contribution is 5.88. The molecule has 25 heavy (non-hydrogen) atoms. The van der Waals surface area contributed by atoms with Gasteiger partial charge in [-0.05, 0) is 42.7 Å². The lowest BCUT2D eigenvalue weighted by Crippen LogP contribution is -2.11. The van der Waals surface area contributed by atoms with Crippen LogP contribution in [0.3, 0.4) is 0 Å². The van der Waals surface area contributed by atoms with E-state index < -0.39 is 5.92 Å². The van der Waals surface area contributed by atoms with Crippen molar-refractivity contribution >= 4 is 16.9 Å². The summed E-state index contributed by atoms with van der Waals surface area (Å²) in [5, 5.41) is 9.36. The van der Waals surface area contributed by atoms with Crippen molar-refractivity contribution in [1.29, 1.82) is 5.26 Å². The fourth-order valence-corrected chi connectivity index (χ4v) is 2.68. The van der Waals surface area contributed by atoms with Gasteiger partial charge in [0.1, 0.15) is 11.3 Å². The van der Waals surface area contributed by atoms with Crippen LogP contribution in [0, 0.1) is 11.3 Å². The van der Waals surface area contributed by atoms with E-state index in [4.69, 9.17) is 9.15 Å². The minimum atomic E-state index is -0.955. The van der Waals surface area contributed by atoms with Crippen molar-refractivity contribution in [3.05, 3.63) is 60.0 Å². The summed E-state index contributed by atoms with van der Waals surface area (Å²) in [6, 6.07) is 17.0. The first-order chi connectivity index (χ1) is 12.2. The Hall–Kier alpha value is -3.13. The minimum Gasteiger partial charge on any atom is -0.497 e. The molecule has 0 amide bonds. The lowest BCUT2D eigenvalue weighted by molar-refractivity contribution is -0.119. The molecule has 0 saturated carbocycles. The average molecular weight is 334 g/mol. The zero-order valence-electron chi connectivity index (χ0n) is 13.9. The number of aryl methyl sites for hydroxylation is 1. The van der Waals surface area contributed by atoms with Gasteiger partial charge in [-0.2, -0.15) is 5.26 Å². The van der Waals surface area contributed by atoms with Gasteiger partial charge < -0.3 is 9.15 Å². The summed E-state index contributed by atoms with van der Waals surface area (Å²) < 4.78 is 10.7. The Morgan fingerprint density at radius 3 is 2.68 bits per heavy atom. The molecule has 0 saturated heterocycles. The zero-order valence-corrected chi connectivity index (χ0v) is 13.9. The van der Waals surface area contributed by atoms with Gasteiger partial charge in [-0.25, -0.2) is 4.98 Å². The molecule has 0 unspecified atom stereocenters. The van der Waals surface area contributed by atoms with Gasteiger partial charge in [0.15, 0.2) is 17.3 Å². The summed E-state index contributed by atoms with van der Waals surface area (Å²) in [5.74, 6) is -0.135. The third-order valence-corrected chi connectivity index (χ3v) is 4.06. The molecular weight excluding hydrogens is 316 g/mol. The van der Waals surface area contributed by atoms with E-state index in [0.29, 0.717) is 23.9 Å². The van der Waals surface area contributed by atoms with Crippen molar-refractivity contribution in [3.8, 4) is 11.8 Å². The third-order valence-electron chi connectivity index (χ3n) is 4.06. The van der Waals surface area contributed by atoms with Crippen molar-refractivity contribution in [2.24, 2.45) is 0 Å². The largest absolute Gasteiger partial charge is 0.497 e. The standard InChI is InChI=1S/C20H18N2O3/c1-24-15-11-9-14(10-12-15)5-4-7-18(23)16(13-21)20-22-17-6-2-3-8-19(17)25-20/h2-3,6,8-12,16H,4-5,7H2,1H3/t16-/m1/s1. The Balaban J connectivity index is 1.61. The maximum atomic E-state index is 12.4. The molecule has 0 aliphatic carbocycles. The molecule has 5 heteroatoms. The van der Waals surface area contributed by atoms with Crippen molar-refractivity contribution in [2.45, 2.75) is 25.2 Å². The smallest absolute Gasteiger partial charge is 0.220 e. The fourth-order valence-electron chi connectivity index (χ4n) is 2.68. The number of nitrogens with zero attached hydrogens (tertiary/aromatic N) is 2. The number of carbonyl (C=O) groups is 1. The topological polar surface area (TPSA) is 76.1 Å². The van der Waals surface area contributed by atoms with Crippen LogP contribution < -0.4 is 4.74 Å². The summed E-state index contributed by atoms with van der Waals surface area (Å²) >= 11 is 0. The number of carbonyl (C=O) groups excluding carboxylic acids is 1. The molecule has 1 atom stereocenters. The highest BCUT2D eigenvalue weighted by Crippen LogP contribution is 2.23. The van der Waals surface area contributed by atoms with E-state index in [1.807, 2.05) is 42.5 Å². The Labute approximate surface area is 145 Å². The molecule has 1 heterocycles. The fraction of sp³-hybridized carbons (Fsp3) is 0.250. The molecule has 2 aromatic carbocycles. The zero-order chi connectivity index (χ0) is 17.6. The van der Waals surface area contributed by atoms with Crippen molar-refractivity contribution < 1.29 is 13.9 Å². The predicted molar refractivity (Wildman–Crippen MR) is 93.3 cm³/mol. The van der Waals surface area contributed by atoms with Crippen molar-refractivity contribution in [1.82, 2.24) is 4.98 Å². The molecule has 0 N–H and O–H groups in total. The molecule has 0 fully saturated rings. The number of fused-ring (bicyclic) bond motifs is 1. The van der Waals surface area contributed by atoms with Gasteiger partial charge >= 0.3 is 0 Å². The molecule has 0 aliphatic heterocycles. The number of Topliss-reactive ketones (excluding diaryl/α,β-unsaturated/α-hetero) is 1. The number of ether oxygens (including phenoxy) is 1. The Kier molecular flexibility index (Phi) is 5.10. The van der Waals surface area contributed by atoms with Gasteiger partial charge in [0.2, 0.25) is 5.89 Å². The molecule has 0 aliphatic rings. The van der Waals surface area contributed by atoms with Crippen LogP contribution in [0.4, 0.5) is 0 Å². The van der Waals surface area contributed by atoms with Crippen LogP contribution in [0.1, 0.15) is 30.2 Å². The van der Waals surface area contributed by atoms with Gasteiger partial charge in [0, 0.05) is 6.42 Å². The number of para-hydroxylation sites is 2. The Morgan fingerprint density at radius 2 is 2.00 bits per heavy atom. The molecule has 126 valence electrons. The molecule has 1 aromatic heterocycles. The first-order valence-corrected chi connectivity index (χ1v) is 8.12. The summed E-state index contributed by atoms with van der Waals surface area (Å²) in [6.07, 6.45) is 1.74. The molecular formula is C20H18N2O3. The predicted octanol–water partition coefficient (Wildman–Crippen LogP) is 4.04. The number of aromatic nitrogens is 1. The van der Waals surface area contributed by atoms with E-state index in [1.54, 1.807) is 19.2 Å². The molecule has 5 nitrogen and oxygen atoms in total. The first-order valence-electron chi connectivity index (χ1n) is 8.12. The van der Waals surface area contributed by atoms with Crippen LogP contribution in [-0.4, -0.2) is 17.9 Å². The number of hydrogen-bond donors (Lipinski definition) is 0. The van der Waals surface area contributed by atoms with Crippen molar-refractivity contribution in [2.75, 3.05) is 7.11 Å². The lowest BCUT2D eigenvalue weighted by Gasteiger charge is -2.05. The van der Waals surface area contributed by atoms with Gasteiger partial charge in [-0.3, -0.25) is 4.79 Å². The highest BCUT2D eigenvalue weighted by Gasteiger charge is 2.25. The summed E-state index contributed by atoms with van der Waals surface area (Å²) in [6.45, 7) is 0. The molecule has 3 aromatic rings. The number of benzene rings is 2. The van der Waals surface area contributed by atoms with Gasteiger partial charge in [0.05, 0.1) is 13.2 Å². The van der Waals surface area contributed by atoms with E-state index in [0.717, 1.165) is 17.7 Å². The minimum absolute atomic E-state index is 0.164. The number of oxazole rings is 1. The monoisotopic (exact) mass is 334 g/mol. The van der Waals surface area contributed by atoms with Crippen LogP contribution in [0.15, 0.2) is 52.9 Å². The summed E-state index contributed by atoms with van der Waals surface area (Å²) in [4.78, 5) is 16.7. The van der Waals surface area contributed by atoms with Crippen LogP contribution >= 0.6 is 0 Å². The van der Waals surface area contributed by atoms with Crippen LogP contribution in [0.5, 0.6) is 5.75 Å². The van der Waals surface area contributed by atoms with Crippen LogP contribution in [-0.2, 0) is 11.2 Å². The number of nitriles is 1. The maximum absolute atomic E-state index is 12.4. The second-order valence-electron chi connectivity index (χ2n) is 5.75. The number of rotatable bonds is 7. The van der Waals surface area contributed by atoms with E-state index in [9.17, 15) is 10.1 Å². The summed E-state index contributed by atoms with van der Waals surface area (Å²) in [5.41, 5.74) is 2.37. The number of methoxy groups -OCH3 is 1. The van der Waals surface area contributed by atoms with Crippen LogP contribution in [0.2, 0.25) is 0 Å². The van der Waals surface area contributed by atoms with E-state index in [-0.39, 0.29) is 11.7 Å². The first kappa shape index (κ1) is 16.7. The van der Waals surface area contributed by atoms with E-state index >= 15 is 0 Å². The van der Waals surface area contributed by atoms with Gasteiger partial charge in [-0.15, -0.1) is 0 Å². The SMILES string of the molecule is COc1ccc(CCCC(=O)[C@@H](C#N)c2nc3ccccc3o2)cc1. The Morgan fingerprint density at radius 1 is 1.24 bits per heavy atom. The quantitative estimate of drug-likeness (QED) is 0.652. The normalized spacial score (nSPS) is 11.8. The van der Waals surface area contributed by atoms with Crippen molar-refractivity contribution in [3.63, 3.8) is 0 Å². The molecule has 0 bridgehead atoms. The van der Waals surface area contributed by atoms with Crippen LogP contribution in [0.25, 0.3) is 11.1 Å². The van der Waals surface area contributed by atoms with Gasteiger partial charge in [-0.1, -0.05) is 24.3 Å². The van der Waals surface area contributed by atoms with Gasteiger partial charge in [0.25, 0.3) is 0 Å². The third kappa shape index (κ3) is 3.86. The number of ketones is 1. The summed E-state index contributed by atoms with van der Waals surface area (Å²) in [7, 11) is 1.63. The molecule has 0 spiro atoms. The second kappa shape index (κ2) is 7.63. The molecule has 0 radical (unpaired) electrons. The number of hydrogen-bond acceptors (Lipinski definition) is 5. The molecule has 3 rings (SSSR count). The second-order valence-corrected chi connectivity index (χ2v) is 5.75. The Bertz CT molecular complexity index is 874. The van der Waals surface area contributed by atoms with E-state index in [2.05, 4.69) is 4.98 Å². The maximum Gasteiger partial charge on any atom is 0.220 e. The highest BCUT2D eigenvalue weighted by atomic mass is 16.5.